The Morgan fingerprint density at radius 1 is 1.36 bits per heavy atom. The third-order valence-corrected chi connectivity index (χ3v) is 4.40. The van der Waals surface area contributed by atoms with Crippen molar-refractivity contribution in [3.05, 3.63) is 0 Å². The largest absolute Gasteiger partial charge is 1.00 e. The van der Waals surface area contributed by atoms with Gasteiger partial charge in [0.25, 0.3) is 0 Å². The van der Waals surface area contributed by atoms with Gasteiger partial charge in [-0.05, 0) is 31.1 Å². The average molecular weight is 378 g/mol. The summed E-state index contributed by atoms with van der Waals surface area (Å²) in [6.07, 6.45) is 4.21. The Morgan fingerprint density at radius 3 is 2.40 bits per heavy atom. The zero-order chi connectivity index (χ0) is 18.6. The molecule has 25 heavy (non-hydrogen) atoms. The first-order valence-corrected chi connectivity index (χ1v) is 9.16. The normalized spacial score (nSPS) is 15.9. The molecule has 1 amide bonds. The molecule has 1 unspecified atom stereocenters. The van der Waals surface area contributed by atoms with Gasteiger partial charge in [0.1, 0.15) is 7.11 Å². The second-order valence-corrected chi connectivity index (χ2v) is 6.75. The number of nitrogens with zero attached hydrogens (tertiary/aromatic N) is 1. The SMILES string of the molecule is CC.C[B-]OCC(C)(C)C(C(=O)NCC/C(C)=N/OC)C1CCC1.[K+]. The third kappa shape index (κ3) is 10.5. The topological polar surface area (TPSA) is 59.9 Å². The summed E-state index contributed by atoms with van der Waals surface area (Å²) in [6.45, 7) is 13.2. The molecule has 0 aromatic heterocycles. The summed E-state index contributed by atoms with van der Waals surface area (Å²) in [5, 5.41) is 6.92. The minimum absolute atomic E-state index is 0. The minimum Gasteiger partial charge on any atom is -0.661 e. The van der Waals surface area contributed by atoms with Gasteiger partial charge in [-0.1, -0.05) is 39.3 Å². The van der Waals surface area contributed by atoms with Crippen molar-refractivity contribution in [2.24, 2.45) is 22.4 Å². The van der Waals surface area contributed by atoms with Crippen molar-refractivity contribution in [3.8, 4) is 0 Å². The summed E-state index contributed by atoms with van der Waals surface area (Å²) in [6, 6.07) is 0. The van der Waals surface area contributed by atoms with Gasteiger partial charge in [0.2, 0.25) is 5.91 Å². The first kappa shape index (κ1) is 27.8. The molecule has 140 valence electrons. The summed E-state index contributed by atoms with van der Waals surface area (Å²) < 4.78 is 5.48. The summed E-state index contributed by atoms with van der Waals surface area (Å²) in [7, 11) is 3.23. The van der Waals surface area contributed by atoms with E-state index in [0.29, 0.717) is 25.5 Å². The Hall–Kier alpha value is 0.601. The van der Waals surface area contributed by atoms with Gasteiger partial charge in [-0.25, -0.2) is 6.82 Å². The molecule has 1 N–H and O–H groups in total. The van der Waals surface area contributed by atoms with Crippen LogP contribution in [0.25, 0.3) is 0 Å². The molecule has 2 radical (unpaired) electrons. The minimum atomic E-state index is -0.169. The fourth-order valence-corrected chi connectivity index (χ4v) is 3.05. The van der Waals surface area contributed by atoms with E-state index < -0.39 is 0 Å². The smallest absolute Gasteiger partial charge is 0.661 e. The van der Waals surface area contributed by atoms with Crippen molar-refractivity contribution >= 4 is 19.1 Å². The quantitative estimate of drug-likeness (QED) is 0.345. The maximum absolute atomic E-state index is 12.7. The molecule has 0 bridgehead atoms. The van der Waals surface area contributed by atoms with Crippen LogP contribution in [-0.2, 0) is 14.3 Å². The van der Waals surface area contributed by atoms with E-state index in [4.69, 9.17) is 9.49 Å². The van der Waals surface area contributed by atoms with Gasteiger partial charge in [0, 0.05) is 25.5 Å². The number of nitrogens with one attached hydrogen (secondary N) is 1. The molecule has 0 saturated heterocycles. The van der Waals surface area contributed by atoms with Gasteiger partial charge < -0.3 is 14.8 Å². The molecular weight excluding hydrogens is 342 g/mol. The van der Waals surface area contributed by atoms with E-state index in [2.05, 4.69) is 24.3 Å². The van der Waals surface area contributed by atoms with E-state index in [9.17, 15) is 4.79 Å². The van der Waals surface area contributed by atoms with Crippen LogP contribution in [0.4, 0.5) is 0 Å². The van der Waals surface area contributed by atoms with E-state index in [1.54, 1.807) is 7.48 Å². The Kier molecular flexibility index (Phi) is 17.4. The number of carbonyl (C=O) groups is 1. The molecule has 0 aromatic carbocycles. The summed E-state index contributed by atoms with van der Waals surface area (Å²) >= 11 is 0. The van der Waals surface area contributed by atoms with Crippen LogP contribution in [0.5, 0.6) is 0 Å². The summed E-state index contributed by atoms with van der Waals surface area (Å²) in [5.74, 6) is 0.615. The molecule has 1 saturated carbocycles. The third-order valence-electron chi connectivity index (χ3n) is 4.40. The van der Waals surface area contributed by atoms with Gasteiger partial charge in [0.15, 0.2) is 0 Å². The molecule has 1 aliphatic carbocycles. The number of hydrogen-bond acceptors (Lipinski definition) is 4. The molecule has 1 rings (SSSR count). The Morgan fingerprint density at radius 2 is 1.96 bits per heavy atom. The average Bonchev–Trinajstić information content (AvgIpc) is 2.50. The summed E-state index contributed by atoms with van der Waals surface area (Å²) in [4.78, 5) is 17.4. The van der Waals surface area contributed by atoms with Crippen LogP contribution < -0.4 is 56.7 Å². The predicted octanol–water partition coefficient (Wildman–Crippen LogP) is 0.672. The molecule has 0 heterocycles. The van der Waals surface area contributed by atoms with E-state index >= 15 is 0 Å². The van der Waals surface area contributed by atoms with Crippen LogP contribution in [0.3, 0.4) is 0 Å². The summed E-state index contributed by atoms with van der Waals surface area (Å²) in [5.41, 5.74) is 0.711. The number of amides is 1. The molecular formula is C18H36BKN2O3. The van der Waals surface area contributed by atoms with Crippen molar-refractivity contribution in [2.75, 3.05) is 20.3 Å². The maximum atomic E-state index is 12.7. The standard InChI is InChI=1S/C16H30BN2O3.C2H6.K/c1-12(19-21-5)9-10-18-15(20)14(13-7-6-8-13)16(2,3)11-22-17-4;1-2;/h13-14H,6-11H2,1-5H3,(H,18,20);1-2H3;/q-1;;+1/b19-12+;;. The second kappa shape index (κ2) is 15.6. The van der Waals surface area contributed by atoms with Gasteiger partial charge in [0.05, 0.1) is 5.71 Å². The first-order valence-electron chi connectivity index (χ1n) is 9.16. The first-order chi connectivity index (χ1) is 11.4. The van der Waals surface area contributed by atoms with E-state index in [1.165, 1.54) is 13.5 Å². The molecule has 0 aliphatic heterocycles. The number of carbonyl (C=O) groups excluding carboxylic acids is 1. The number of rotatable bonds is 10. The van der Waals surface area contributed by atoms with Crippen molar-refractivity contribution in [1.82, 2.24) is 5.32 Å². The number of hydrogen-bond donors (Lipinski definition) is 1. The molecule has 1 aliphatic rings. The fourth-order valence-electron chi connectivity index (χ4n) is 3.05. The monoisotopic (exact) mass is 378 g/mol. The van der Waals surface area contributed by atoms with E-state index in [-0.39, 0.29) is 68.6 Å². The van der Waals surface area contributed by atoms with Crippen LogP contribution in [0, 0.1) is 17.3 Å². The van der Waals surface area contributed by atoms with Crippen molar-refractivity contribution in [3.63, 3.8) is 0 Å². The van der Waals surface area contributed by atoms with Crippen molar-refractivity contribution in [1.29, 1.82) is 0 Å². The number of oxime groups is 1. The Labute approximate surface area is 198 Å². The van der Waals surface area contributed by atoms with Crippen LogP contribution in [0.1, 0.15) is 60.3 Å². The van der Waals surface area contributed by atoms with Gasteiger partial charge in [-0.15, -0.1) is 0 Å². The Balaban J connectivity index is 0. The molecule has 1 fully saturated rings. The van der Waals surface area contributed by atoms with Gasteiger partial charge >= 0.3 is 51.4 Å². The maximum Gasteiger partial charge on any atom is 1.00 e. The molecule has 7 heteroatoms. The van der Waals surface area contributed by atoms with Crippen LogP contribution in [0.2, 0.25) is 6.82 Å². The van der Waals surface area contributed by atoms with Crippen LogP contribution in [-0.4, -0.2) is 39.4 Å². The van der Waals surface area contributed by atoms with Crippen LogP contribution >= 0.6 is 0 Å². The van der Waals surface area contributed by atoms with Gasteiger partial charge in [-0.2, -0.15) is 7.48 Å². The van der Waals surface area contributed by atoms with Crippen molar-refractivity contribution in [2.45, 2.75) is 67.1 Å². The van der Waals surface area contributed by atoms with Crippen molar-refractivity contribution < 1.29 is 65.7 Å². The molecule has 1 atom stereocenters. The van der Waals surface area contributed by atoms with E-state index in [0.717, 1.165) is 18.6 Å². The van der Waals surface area contributed by atoms with E-state index in [1.807, 2.05) is 27.6 Å². The van der Waals surface area contributed by atoms with Gasteiger partial charge in [-0.3, -0.25) is 4.79 Å². The molecule has 5 nitrogen and oxygen atoms in total. The molecule has 0 spiro atoms. The molecule has 0 aromatic rings. The fraction of sp³-hybridized carbons (Fsp3) is 0.889. The zero-order valence-electron chi connectivity index (χ0n) is 17.6. The Bertz CT molecular complexity index is 389. The predicted molar refractivity (Wildman–Crippen MR) is 101 cm³/mol. The second-order valence-electron chi connectivity index (χ2n) is 6.75. The zero-order valence-corrected chi connectivity index (χ0v) is 20.8. The van der Waals surface area contributed by atoms with Crippen LogP contribution in [0.15, 0.2) is 5.16 Å².